The first-order valence-electron chi connectivity index (χ1n) is 11.4. The summed E-state index contributed by atoms with van der Waals surface area (Å²) >= 11 is 0. The molecule has 1 spiro atoms. The van der Waals surface area contributed by atoms with Crippen LogP contribution >= 0.6 is 0 Å². The Balaban J connectivity index is 1.27. The third-order valence-corrected chi connectivity index (χ3v) is 7.03. The van der Waals surface area contributed by atoms with Gasteiger partial charge in [0.05, 0.1) is 12.5 Å². The van der Waals surface area contributed by atoms with Crippen LogP contribution in [0.4, 0.5) is 4.39 Å². The molecular formula is C27H28FN3O. The fraction of sp³-hybridized carbons (Fsp3) is 0.333. The molecule has 1 saturated heterocycles. The van der Waals surface area contributed by atoms with Crippen LogP contribution in [-0.2, 0) is 23.2 Å². The summed E-state index contributed by atoms with van der Waals surface area (Å²) in [5.74, 6) is -0.361. The van der Waals surface area contributed by atoms with Crippen LogP contribution in [0.15, 0.2) is 73.1 Å². The quantitative estimate of drug-likeness (QED) is 0.647. The van der Waals surface area contributed by atoms with Gasteiger partial charge in [0, 0.05) is 24.4 Å². The zero-order valence-corrected chi connectivity index (χ0v) is 18.1. The summed E-state index contributed by atoms with van der Waals surface area (Å²) < 4.78 is 13.5. The highest BCUT2D eigenvalue weighted by atomic mass is 19.1. The summed E-state index contributed by atoms with van der Waals surface area (Å²) in [6.45, 7) is 3.00. The molecule has 3 aromatic rings. The number of pyridine rings is 1. The lowest BCUT2D eigenvalue weighted by atomic mass is 9.73. The van der Waals surface area contributed by atoms with Crippen molar-refractivity contribution in [1.82, 2.24) is 15.2 Å². The Kier molecular flexibility index (Phi) is 5.75. The van der Waals surface area contributed by atoms with E-state index >= 15 is 0 Å². The zero-order chi connectivity index (χ0) is 22.0. The standard InChI is InChI=1S/C27H28FN3O/c28-22-7-3-5-20(15-22)16-26(32)30-25-17-27(24-9-2-1-8-23(24)25)10-13-31(14-11-27)19-21-6-4-12-29-18-21/h1-9,12,15,18,25H,10-11,13-14,16-17,19H2,(H,30,32)/t25-/m1/s1. The van der Waals surface area contributed by atoms with E-state index in [1.54, 1.807) is 12.1 Å². The van der Waals surface area contributed by atoms with E-state index in [1.807, 2.05) is 18.5 Å². The summed E-state index contributed by atoms with van der Waals surface area (Å²) in [5.41, 5.74) is 4.68. The van der Waals surface area contributed by atoms with Crippen LogP contribution in [0.25, 0.3) is 0 Å². The Morgan fingerprint density at radius 1 is 1.06 bits per heavy atom. The van der Waals surface area contributed by atoms with E-state index in [0.717, 1.165) is 38.9 Å². The molecule has 1 amide bonds. The van der Waals surface area contributed by atoms with Crippen molar-refractivity contribution in [3.05, 3.63) is 101 Å². The Bertz CT molecular complexity index is 1090. The number of amides is 1. The van der Waals surface area contributed by atoms with Crippen molar-refractivity contribution in [3.63, 3.8) is 0 Å². The number of benzene rings is 2. The van der Waals surface area contributed by atoms with E-state index in [1.165, 1.54) is 28.8 Å². The average Bonchev–Trinajstić information content (AvgIpc) is 3.09. The second-order valence-electron chi connectivity index (χ2n) is 9.14. The van der Waals surface area contributed by atoms with E-state index in [-0.39, 0.29) is 29.6 Å². The maximum atomic E-state index is 13.5. The van der Waals surface area contributed by atoms with E-state index < -0.39 is 0 Å². The second-order valence-corrected chi connectivity index (χ2v) is 9.14. The van der Waals surface area contributed by atoms with E-state index in [4.69, 9.17) is 0 Å². The molecule has 0 saturated carbocycles. The first kappa shape index (κ1) is 20.8. The molecule has 0 unspecified atom stereocenters. The van der Waals surface area contributed by atoms with E-state index in [2.05, 4.69) is 45.5 Å². The van der Waals surface area contributed by atoms with Crippen molar-refractivity contribution < 1.29 is 9.18 Å². The molecule has 164 valence electrons. The molecule has 1 atom stereocenters. The number of piperidine rings is 1. The van der Waals surface area contributed by atoms with Crippen molar-refractivity contribution in [1.29, 1.82) is 0 Å². The van der Waals surface area contributed by atoms with Gasteiger partial charge >= 0.3 is 0 Å². The Hall–Kier alpha value is -3.05. The molecule has 2 heterocycles. The lowest BCUT2D eigenvalue weighted by molar-refractivity contribution is -0.121. The largest absolute Gasteiger partial charge is 0.349 e. The summed E-state index contributed by atoms with van der Waals surface area (Å²) in [4.78, 5) is 19.5. The summed E-state index contributed by atoms with van der Waals surface area (Å²) in [5, 5.41) is 3.24. The van der Waals surface area contributed by atoms with Crippen LogP contribution in [0.2, 0.25) is 0 Å². The molecule has 2 aliphatic rings. The van der Waals surface area contributed by atoms with Gasteiger partial charge in [0.25, 0.3) is 0 Å². The monoisotopic (exact) mass is 429 g/mol. The topological polar surface area (TPSA) is 45.2 Å². The minimum absolute atomic E-state index is 0.0112. The normalized spacial score (nSPS) is 19.6. The fourth-order valence-electron chi connectivity index (χ4n) is 5.46. The number of likely N-dealkylation sites (tertiary alicyclic amines) is 1. The van der Waals surface area contributed by atoms with Gasteiger partial charge in [0.15, 0.2) is 0 Å². The Labute approximate surface area is 188 Å². The van der Waals surface area contributed by atoms with Crippen LogP contribution in [-0.4, -0.2) is 28.9 Å². The van der Waals surface area contributed by atoms with Gasteiger partial charge in [0.1, 0.15) is 5.82 Å². The molecule has 5 rings (SSSR count). The van der Waals surface area contributed by atoms with Gasteiger partial charge in [-0.1, -0.05) is 42.5 Å². The lowest BCUT2D eigenvalue weighted by Gasteiger charge is -2.40. The third-order valence-electron chi connectivity index (χ3n) is 7.03. The van der Waals surface area contributed by atoms with Crippen LogP contribution in [0.3, 0.4) is 0 Å². The Morgan fingerprint density at radius 3 is 2.66 bits per heavy atom. The first-order chi connectivity index (χ1) is 15.6. The van der Waals surface area contributed by atoms with E-state index in [9.17, 15) is 9.18 Å². The fourth-order valence-corrected chi connectivity index (χ4v) is 5.46. The minimum Gasteiger partial charge on any atom is -0.349 e. The van der Waals surface area contributed by atoms with Crippen LogP contribution < -0.4 is 5.32 Å². The van der Waals surface area contributed by atoms with Crippen molar-refractivity contribution in [2.45, 2.75) is 43.7 Å². The van der Waals surface area contributed by atoms with Crippen molar-refractivity contribution >= 4 is 5.91 Å². The van der Waals surface area contributed by atoms with Crippen molar-refractivity contribution in [3.8, 4) is 0 Å². The third kappa shape index (κ3) is 4.30. The van der Waals surface area contributed by atoms with Crippen LogP contribution in [0, 0.1) is 5.82 Å². The zero-order valence-electron chi connectivity index (χ0n) is 18.1. The molecule has 5 heteroatoms. The maximum Gasteiger partial charge on any atom is 0.224 e. The summed E-state index contributed by atoms with van der Waals surface area (Å²) in [6, 6.07) is 19.0. The number of fused-ring (bicyclic) bond motifs is 2. The average molecular weight is 430 g/mol. The second kappa shape index (κ2) is 8.83. The predicted octanol–water partition coefficient (Wildman–Crippen LogP) is 4.56. The molecule has 4 nitrogen and oxygen atoms in total. The number of halogens is 1. The van der Waals surface area contributed by atoms with Gasteiger partial charge in [-0.25, -0.2) is 4.39 Å². The van der Waals surface area contributed by atoms with E-state index in [0.29, 0.717) is 5.56 Å². The van der Waals surface area contributed by atoms with Crippen LogP contribution in [0.5, 0.6) is 0 Å². The number of hydrogen-bond acceptors (Lipinski definition) is 3. The van der Waals surface area contributed by atoms with Crippen molar-refractivity contribution in [2.75, 3.05) is 13.1 Å². The number of nitrogens with zero attached hydrogens (tertiary/aromatic N) is 2. The highest BCUT2D eigenvalue weighted by Gasteiger charge is 2.45. The van der Waals surface area contributed by atoms with Gasteiger partial charge in [-0.15, -0.1) is 0 Å². The molecule has 1 aromatic heterocycles. The number of rotatable bonds is 5. The highest BCUT2D eigenvalue weighted by molar-refractivity contribution is 5.79. The van der Waals surface area contributed by atoms with Gasteiger partial charge in [-0.2, -0.15) is 0 Å². The summed E-state index contributed by atoms with van der Waals surface area (Å²) in [6.07, 6.45) is 7.05. The maximum absolute atomic E-state index is 13.5. The number of aromatic nitrogens is 1. The molecule has 1 aliphatic carbocycles. The van der Waals surface area contributed by atoms with Gasteiger partial charge in [-0.05, 0) is 72.8 Å². The number of carbonyl (C=O) groups is 1. The molecule has 32 heavy (non-hydrogen) atoms. The molecule has 0 radical (unpaired) electrons. The van der Waals surface area contributed by atoms with Crippen LogP contribution in [0.1, 0.15) is 47.6 Å². The highest BCUT2D eigenvalue weighted by Crippen LogP contribution is 2.50. The Morgan fingerprint density at radius 2 is 1.88 bits per heavy atom. The number of hydrogen-bond donors (Lipinski definition) is 1. The predicted molar refractivity (Wildman–Crippen MR) is 122 cm³/mol. The van der Waals surface area contributed by atoms with Gasteiger partial charge in [-0.3, -0.25) is 14.7 Å². The molecule has 2 aromatic carbocycles. The molecule has 1 N–H and O–H groups in total. The molecular weight excluding hydrogens is 401 g/mol. The first-order valence-corrected chi connectivity index (χ1v) is 11.4. The smallest absolute Gasteiger partial charge is 0.224 e. The summed E-state index contributed by atoms with van der Waals surface area (Å²) in [7, 11) is 0. The molecule has 0 bridgehead atoms. The van der Waals surface area contributed by atoms with Crippen molar-refractivity contribution in [2.24, 2.45) is 0 Å². The van der Waals surface area contributed by atoms with Gasteiger partial charge < -0.3 is 5.32 Å². The molecule has 1 aliphatic heterocycles. The lowest BCUT2D eigenvalue weighted by Crippen LogP contribution is -2.41. The molecule has 1 fully saturated rings. The number of nitrogens with one attached hydrogen (secondary N) is 1. The SMILES string of the molecule is O=C(Cc1cccc(F)c1)N[C@@H]1CC2(CCN(Cc3cccnc3)CC2)c2ccccc21. The van der Waals surface area contributed by atoms with Gasteiger partial charge in [0.2, 0.25) is 5.91 Å². The minimum atomic E-state index is -0.307. The number of carbonyl (C=O) groups excluding carboxylic acids is 1.